The summed E-state index contributed by atoms with van der Waals surface area (Å²) in [6.45, 7) is 0.589. The Morgan fingerprint density at radius 2 is 2.11 bits per heavy atom. The number of aromatic nitrogens is 1. The van der Waals surface area contributed by atoms with Gasteiger partial charge in [-0.1, -0.05) is 12.1 Å². The first-order valence-corrected chi connectivity index (χ1v) is 6.66. The third kappa shape index (κ3) is 2.16. The summed E-state index contributed by atoms with van der Waals surface area (Å²) in [4.78, 5) is 0. The van der Waals surface area contributed by atoms with E-state index in [0.29, 0.717) is 6.42 Å². The Morgan fingerprint density at radius 3 is 2.83 bits per heavy atom. The van der Waals surface area contributed by atoms with Gasteiger partial charge in [-0.05, 0) is 42.9 Å². The van der Waals surface area contributed by atoms with Crippen molar-refractivity contribution in [3.8, 4) is 0 Å². The van der Waals surface area contributed by atoms with E-state index in [9.17, 15) is 5.11 Å². The van der Waals surface area contributed by atoms with Crippen LogP contribution in [-0.4, -0.2) is 27.5 Å². The third-order valence-corrected chi connectivity index (χ3v) is 3.78. The SMILES string of the molecule is OCC(O)CCn1ccc2c(C3CC3)cccc21. The molecular formula is C15H19NO2. The number of hydrogen-bond donors (Lipinski definition) is 2. The molecule has 1 aromatic heterocycles. The fraction of sp³-hybridized carbons (Fsp3) is 0.467. The van der Waals surface area contributed by atoms with Crippen molar-refractivity contribution < 1.29 is 10.2 Å². The van der Waals surface area contributed by atoms with Gasteiger partial charge >= 0.3 is 0 Å². The minimum absolute atomic E-state index is 0.160. The van der Waals surface area contributed by atoms with Gasteiger partial charge in [-0.3, -0.25) is 0 Å². The van der Waals surface area contributed by atoms with Crippen molar-refractivity contribution in [2.75, 3.05) is 6.61 Å². The first kappa shape index (κ1) is 11.8. The first-order chi connectivity index (χ1) is 8.79. The van der Waals surface area contributed by atoms with Crippen LogP contribution in [0.3, 0.4) is 0 Å². The standard InChI is InChI=1S/C15H19NO2/c17-10-12(18)6-8-16-9-7-14-13(11-4-5-11)2-1-3-15(14)16/h1-3,7,9,11-12,17-18H,4-6,8,10H2. The van der Waals surface area contributed by atoms with E-state index in [-0.39, 0.29) is 6.61 Å². The quantitative estimate of drug-likeness (QED) is 0.848. The summed E-state index contributed by atoms with van der Waals surface area (Å²) in [7, 11) is 0. The first-order valence-electron chi connectivity index (χ1n) is 6.66. The smallest absolute Gasteiger partial charge is 0.0787 e. The summed E-state index contributed by atoms with van der Waals surface area (Å²) in [5.74, 6) is 0.757. The van der Waals surface area contributed by atoms with Crippen LogP contribution in [-0.2, 0) is 6.54 Å². The van der Waals surface area contributed by atoms with Crippen LogP contribution in [0.5, 0.6) is 0 Å². The minimum atomic E-state index is -0.617. The van der Waals surface area contributed by atoms with Crippen molar-refractivity contribution in [2.45, 2.75) is 37.8 Å². The summed E-state index contributed by atoms with van der Waals surface area (Å²) in [6, 6.07) is 8.66. The van der Waals surface area contributed by atoms with Crippen molar-refractivity contribution in [1.29, 1.82) is 0 Å². The van der Waals surface area contributed by atoms with E-state index >= 15 is 0 Å². The summed E-state index contributed by atoms with van der Waals surface area (Å²) < 4.78 is 2.17. The number of fused-ring (bicyclic) bond motifs is 1. The van der Waals surface area contributed by atoms with Crippen LogP contribution in [0.4, 0.5) is 0 Å². The molecule has 1 aromatic carbocycles. The molecule has 0 radical (unpaired) electrons. The van der Waals surface area contributed by atoms with Gasteiger partial charge in [-0.2, -0.15) is 0 Å². The summed E-state index contributed by atoms with van der Waals surface area (Å²) in [5.41, 5.74) is 2.71. The lowest BCUT2D eigenvalue weighted by Gasteiger charge is -2.09. The lowest BCUT2D eigenvalue weighted by Crippen LogP contribution is -2.14. The van der Waals surface area contributed by atoms with Gasteiger partial charge in [0.1, 0.15) is 0 Å². The van der Waals surface area contributed by atoms with Crippen molar-refractivity contribution in [3.63, 3.8) is 0 Å². The van der Waals surface area contributed by atoms with Crippen LogP contribution in [0.25, 0.3) is 10.9 Å². The van der Waals surface area contributed by atoms with Crippen molar-refractivity contribution >= 4 is 10.9 Å². The van der Waals surface area contributed by atoms with E-state index in [2.05, 4.69) is 35.0 Å². The number of aliphatic hydroxyl groups is 2. The van der Waals surface area contributed by atoms with Gasteiger partial charge in [0, 0.05) is 23.6 Å². The Balaban J connectivity index is 1.87. The van der Waals surface area contributed by atoms with E-state index in [1.165, 1.54) is 29.3 Å². The molecule has 1 saturated carbocycles. The number of rotatable bonds is 5. The lowest BCUT2D eigenvalue weighted by molar-refractivity contribution is 0.0849. The molecule has 18 heavy (non-hydrogen) atoms. The average Bonchev–Trinajstić information content (AvgIpc) is 3.16. The Kier molecular flexibility index (Phi) is 3.10. The van der Waals surface area contributed by atoms with Gasteiger partial charge < -0.3 is 14.8 Å². The minimum Gasteiger partial charge on any atom is -0.394 e. The second-order valence-corrected chi connectivity index (χ2v) is 5.19. The second kappa shape index (κ2) is 4.75. The van der Waals surface area contributed by atoms with Crippen LogP contribution in [0.2, 0.25) is 0 Å². The normalized spacial score (nSPS) is 17.2. The highest BCUT2D eigenvalue weighted by Gasteiger charge is 2.25. The highest BCUT2D eigenvalue weighted by molar-refractivity contribution is 5.84. The molecule has 0 amide bonds. The molecule has 96 valence electrons. The molecule has 1 aliphatic rings. The fourth-order valence-corrected chi connectivity index (χ4v) is 2.57. The monoisotopic (exact) mass is 245 g/mol. The molecular weight excluding hydrogens is 226 g/mol. The van der Waals surface area contributed by atoms with Crippen LogP contribution in [0.15, 0.2) is 30.5 Å². The fourth-order valence-electron chi connectivity index (χ4n) is 2.57. The summed E-state index contributed by atoms with van der Waals surface area (Å²) in [5, 5.41) is 19.6. The van der Waals surface area contributed by atoms with E-state index in [0.717, 1.165) is 12.5 Å². The molecule has 0 bridgehead atoms. The maximum Gasteiger partial charge on any atom is 0.0787 e. The Hall–Kier alpha value is -1.32. The Morgan fingerprint density at radius 1 is 1.28 bits per heavy atom. The van der Waals surface area contributed by atoms with Crippen molar-refractivity contribution in [1.82, 2.24) is 4.57 Å². The predicted molar refractivity (Wildman–Crippen MR) is 71.6 cm³/mol. The zero-order valence-corrected chi connectivity index (χ0v) is 10.4. The topological polar surface area (TPSA) is 45.4 Å². The zero-order chi connectivity index (χ0) is 12.5. The number of hydrogen-bond acceptors (Lipinski definition) is 2. The van der Waals surface area contributed by atoms with Crippen molar-refractivity contribution in [3.05, 3.63) is 36.0 Å². The summed E-state index contributed by atoms with van der Waals surface area (Å²) in [6.07, 6.45) is 4.68. The predicted octanol–water partition coefficient (Wildman–Crippen LogP) is 2.26. The lowest BCUT2D eigenvalue weighted by atomic mass is 10.1. The highest BCUT2D eigenvalue weighted by atomic mass is 16.3. The second-order valence-electron chi connectivity index (χ2n) is 5.19. The van der Waals surface area contributed by atoms with Crippen LogP contribution < -0.4 is 0 Å². The molecule has 0 spiro atoms. The Bertz CT molecular complexity index is 542. The van der Waals surface area contributed by atoms with E-state index in [1.54, 1.807) is 0 Å². The maximum absolute atomic E-state index is 9.42. The third-order valence-electron chi connectivity index (χ3n) is 3.78. The van der Waals surface area contributed by atoms with Crippen LogP contribution in [0.1, 0.15) is 30.7 Å². The molecule has 3 heteroatoms. The molecule has 1 atom stereocenters. The zero-order valence-electron chi connectivity index (χ0n) is 10.4. The van der Waals surface area contributed by atoms with Gasteiger partial charge in [0.05, 0.1) is 12.7 Å². The molecule has 3 rings (SSSR count). The maximum atomic E-state index is 9.42. The van der Waals surface area contributed by atoms with Gasteiger partial charge in [0.15, 0.2) is 0 Å². The number of nitrogens with zero attached hydrogens (tertiary/aromatic N) is 1. The van der Waals surface area contributed by atoms with Gasteiger partial charge in [-0.25, -0.2) is 0 Å². The molecule has 0 saturated heterocycles. The molecule has 1 heterocycles. The molecule has 0 aliphatic heterocycles. The van der Waals surface area contributed by atoms with E-state index in [4.69, 9.17) is 5.11 Å². The van der Waals surface area contributed by atoms with Crippen LogP contribution in [0, 0.1) is 0 Å². The molecule has 1 fully saturated rings. The molecule has 1 unspecified atom stereocenters. The summed E-state index contributed by atoms with van der Waals surface area (Å²) >= 11 is 0. The average molecular weight is 245 g/mol. The number of aryl methyl sites for hydroxylation is 1. The molecule has 1 aliphatic carbocycles. The van der Waals surface area contributed by atoms with Crippen molar-refractivity contribution in [2.24, 2.45) is 0 Å². The number of aliphatic hydroxyl groups excluding tert-OH is 2. The Labute approximate surface area is 107 Å². The van der Waals surface area contributed by atoms with Gasteiger partial charge in [0.25, 0.3) is 0 Å². The largest absolute Gasteiger partial charge is 0.394 e. The van der Waals surface area contributed by atoms with Crippen LogP contribution >= 0.6 is 0 Å². The molecule has 2 aromatic rings. The molecule has 3 nitrogen and oxygen atoms in total. The van der Waals surface area contributed by atoms with E-state index in [1.807, 2.05) is 0 Å². The van der Waals surface area contributed by atoms with E-state index < -0.39 is 6.10 Å². The molecule has 2 N–H and O–H groups in total. The highest BCUT2D eigenvalue weighted by Crippen LogP contribution is 2.43. The number of benzene rings is 1. The van der Waals surface area contributed by atoms with Gasteiger partial charge in [-0.15, -0.1) is 0 Å². The van der Waals surface area contributed by atoms with Gasteiger partial charge in [0.2, 0.25) is 0 Å².